The van der Waals surface area contributed by atoms with E-state index in [-0.39, 0.29) is 24.8 Å². The number of aryl methyl sites for hydroxylation is 1. The molecule has 0 unspecified atom stereocenters. The Kier molecular flexibility index (Phi) is 11.6. The number of hydrogen-bond acceptors (Lipinski definition) is 12. The summed E-state index contributed by atoms with van der Waals surface area (Å²) in [6, 6.07) is 23.1. The monoisotopic (exact) mass is 888 g/mol. The van der Waals surface area contributed by atoms with Gasteiger partial charge in [-0.3, -0.25) is 24.6 Å². The molecule has 9 rings (SSSR count). The van der Waals surface area contributed by atoms with Crippen LogP contribution in [0.25, 0.3) is 0 Å². The summed E-state index contributed by atoms with van der Waals surface area (Å²) in [5, 5.41) is 10.0. The molecule has 3 N–H and O–H groups in total. The van der Waals surface area contributed by atoms with Gasteiger partial charge in [-0.25, -0.2) is 4.98 Å². The molecule has 16 heteroatoms. The number of carbonyl (C=O) groups excluding carboxylic acids is 3. The number of nitrogens with one attached hydrogen (secondary N) is 3. The van der Waals surface area contributed by atoms with Gasteiger partial charge in [-0.2, -0.15) is 4.98 Å². The maximum Gasteiger partial charge on any atom is 0.255 e. The quantitative estimate of drug-likeness (QED) is 0.0821. The molecule has 2 saturated heterocycles. The fourth-order valence-electron chi connectivity index (χ4n) is 9.24. The molecule has 5 aromatic rings. The van der Waals surface area contributed by atoms with Gasteiger partial charge in [0.1, 0.15) is 35.5 Å². The van der Waals surface area contributed by atoms with Crippen molar-refractivity contribution in [1.82, 2.24) is 25.1 Å². The molecule has 4 aliphatic heterocycles. The lowest BCUT2D eigenvalue weighted by Crippen LogP contribution is -2.52. The van der Waals surface area contributed by atoms with E-state index in [1.807, 2.05) is 36.4 Å². The minimum absolute atomic E-state index is 0.207. The summed E-state index contributed by atoms with van der Waals surface area (Å²) in [6.45, 7) is 9.38. The number of aromatic nitrogens is 2. The van der Waals surface area contributed by atoms with Crippen LogP contribution < -0.4 is 35.6 Å². The van der Waals surface area contributed by atoms with Crippen LogP contribution in [-0.2, 0) is 40.2 Å². The number of imide groups is 1. The number of anilines is 5. The van der Waals surface area contributed by atoms with Gasteiger partial charge in [0.2, 0.25) is 17.8 Å². The topological polar surface area (TPSA) is 158 Å². The van der Waals surface area contributed by atoms with Gasteiger partial charge in [-0.15, -0.1) is 0 Å². The van der Waals surface area contributed by atoms with Crippen molar-refractivity contribution >= 4 is 70.6 Å². The van der Waals surface area contributed by atoms with E-state index >= 15 is 0 Å². The van der Waals surface area contributed by atoms with E-state index in [0.29, 0.717) is 63.1 Å². The van der Waals surface area contributed by atoms with Gasteiger partial charge in [0, 0.05) is 66.8 Å². The van der Waals surface area contributed by atoms with Crippen molar-refractivity contribution in [2.45, 2.75) is 70.7 Å². The van der Waals surface area contributed by atoms with Gasteiger partial charge < -0.3 is 34.5 Å². The Hall–Kier alpha value is -5.95. The van der Waals surface area contributed by atoms with E-state index in [1.54, 1.807) is 37.5 Å². The van der Waals surface area contributed by atoms with Gasteiger partial charge in [-0.05, 0) is 98.2 Å². The van der Waals surface area contributed by atoms with Gasteiger partial charge >= 0.3 is 0 Å². The number of methoxy groups -OCH3 is 1. The number of piperidine rings is 2. The first kappa shape index (κ1) is 42.4. The third-order valence-corrected chi connectivity index (χ3v) is 14.3. The van der Waals surface area contributed by atoms with Crippen LogP contribution in [0, 0.1) is 0 Å². The van der Waals surface area contributed by atoms with Gasteiger partial charge in [0.15, 0.2) is 5.82 Å². The number of amides is 3. The first-order valence-corrected chi connectivity index (χ1v) is 24.3. The average molecular weight is 889 g/mol. The van der Waals surface area contributed by atoms with E-state index < -0.39 is 19.1 Å². The molecule has 14 nitrogen and oxygen atoms in total. The lowest BCUT2D eigenvalue weighted by Gasteiger charge is -2.38. The minimum Gasteiger partial charge on any atom is -0.494 e. The summed E-state index contributed by atoms with van der Waals surface area (Å²) < 4.78 is 25.4. The summed E-state index contributed by atoms with van der Waals surface area (Å²) in [7, 11) is -0.906. The Labute approximate surface area is 371 Å². The van der Waals surface area contributed by atoms with Gasteiger partial charge in [-0.1, -0.05) is 42.8 Å². The number of nitrogens with zero attached hydrogens (tertiary/aromatic N) is 5. The highest BCUT2D eigenvalue weighted by Gasteiger charge is 2.40. The third kappa shape index (κ3) is 8.59. The van der Waals surface area contributed by atoms with Crippen molar-refractivity contribution in [2.75, 3.05) is 49.1 Å². The molecule has 63 heavy (non-hydrogen) atoms. The molecule has 0 saturated carbocycles. The van der Waals surface area contributed by atoms with Crippen LogP contribution in [0.3, 0.4) is 0 Å². The number of rotatable bonds is 12. The second-order valence-electron chi connectivity index (χ2n) is 16.9. The van der Waals surface area contributed by atoms with E-state index in [9.17, 15) is 18.9 Å². The Bertz CT molecular complexity index is 2680. The van der Waals surface area contributed by atoms with Crippen LogP contribution in [0.15, 0.2) is 79.0 Å². The van der Waals surface area contributed by atoms with Crippen LogP contribution in [0.2, 0.25) is 5.02 Å². The maximum atomic E-state index is 13.4. The Balaban J connectivity index is 0.838. The number of hydrogen-bond donors (Lipinski definition) is 3. The fourth-order valence-corrected chi connectivity index (χ4v) is 10.5. The molecule has 326 valence electrons. The van der Waals surface area contributed by atoms with Crippen molar-refractivity contribution in [1.29, 1.82) is 0 Å². The Morgan fingerprint density at radius 3 is 2.44 bits per heavy atom. The van der Waals surface area contributed by atoms with Crippen molar-refractivity contribution in [2.24, 2.45) is 0 Å². The van der Waals surface area contributed by atoms with E-state index in [0.717, 1.165) is 62.4 Å². The second-order valence-corrected chi connectivity index (χ2v) is 20.5. The zero-order valence-corrected chi connectivity index (χ0v) is 37.4. The molecule has 2 fully saturated rings. The van der Waals surface area contributed by atoms with E-state index in [2.05, 4.69) is 66.9 Å². The number of halogens is 1. The van der Waals surface area contributed by atoms with Crippen LogP contribution in [0.5, 0.6) is 17.2 Å². The second kappa shape index (κ2) is 17.3. The highest BCUT2D eigenvalue weighted by Crippen LogP contribution is 2.41. The summed E-state index contributed by atoms with van der Waals surface area (Å²) in [4.78, 5) is 53.4. The molecule has 1 atom stereocenters. The summed E-state index contributed by atoms with van der Waals surface area (Å²) in [5.74, 6) is 1.74. The Morgan fingerprint density at radius 1 is 0.889 bits per heavy atom. The number of fused-ring (bicyclic) bond motifs is 2. The molecule has 0 spiro atoms. The normalized spacial score (nSPS) is 18.0. The van der Waals surface area contributed by atoms with Crippen LogP contribution in [-0.4, -0.2) is 83.1 Å². The summed E-state index contributed by atoms with van der Waals surface area (Å²) in [5.41, 5.74) is 7.54. The van der Waals surface area contributed by atoms with Crippen LogP contribution >= 0.6 is 18.7 Å². The number of ether oxygens (including phenoxy) is 2. The minimum atomic E-state index is -2.57. The van der Waals surface area contributed by atoms with Crippen LogP contribution in [0.4, 0.5) is 28.8 Å². The standard InChI is InChI=1S/C47H50ClN8O6P/c1-5-28-22-37(51-47-49-24-35(48)44(53-47)50-36-10-6-7-12-42(36)63(3,4)60)41(61-2)23-39(28)54-19-17-31(18-20-54)55-25-29-13-14-32(21-30(29)26-55)62-40-11-8-9-33-34(40)27-56(46(33)59)38-15-16-43(57)52-45(38)58/h6-14,21-24,31,38H,5,15-20,25-27H2,1-4H3,(H,52,57,58)(H2,49,50,51,53)/t38-/m0/s1. The van der Waals surface area contributed by atoms with Crippen LogP contribution in [0.1, 0.15) is 65.2 Å². The average Bonchev–Trinajstić information content (AvgIpc) is 3.85. The number of para-hydroxylation sites is 1. The largest absolute Gasteiger partial charge is 0.494 e. The van der Waals surface area contributed by atoms with Gasteiger partial charge in [0.25, 0.3) is 5.91 Å². The van der Waals surface area contributed by atoms with E-state index in [4.69, 9.17) is 21.1 Å². The number of carbonyl (C=O) groups is 3. The van der Waals surface area contributed by atoms with E-state index in [1.165, 1.54) is 22.9 Å². The molecule has 0 aliphatic carbocycles. The zero-order chi connectivity index (χ0) is 44.0. The van der Waals surface area contributed by atoms with Crippen molar-refractivity contribution in [3.05, 3.63) is 112 Å². The molecular weight excluding hydrogens is 839 g/mol. The SMILES string of the molecule is CCc1cc(Nc2ncc(Cl)c(Nc3ccccc3P(C)(C)=O)n2)c(OC)cc1N1CCC(N2Cc3ccc(Oc4cccc5c4CN([C@H]4CCC(=O)NC4=O)C5=O)cc3C2)CC1. The maximum absolute atomic E-state index is 13.4. The van der Waals surface area contributed by atoms with Crippen molar-refractivity contribution < 1.29 is 28.4 Å². The highest BCUT2D eigenvalue weighted by atomic mass is 35.5. The predicted octanol–water partition coefficient (Wildman–Crippen LogP) is 7.97. The van der Waals surface area contributed by atoms with Crippen molar-refractivity contribution in [3.63, 3.8) is 0 Å². The lowest BCUT2D eigenvalue weighted by atomic mass is 10.00. The van der Waals surface area contributed by atoms with Gasteiger partial charge in [0.05, 0.1) is 31.2 Å². The molecule has 0 radical (unpaired) electrons. The predicted molar refractivity (Wildman–Crippen MR) is 245 cm³/mol. The lowest BCUT2D eigenvalue weighted by molar-refractivity contribution is -0.136. The molecule has 1 aromatic heterocycles. The molecular formula is C47H50ClN8O6P. The van der Waals surface area contributed by atoms with Crippen molar-refractivity contribution in [3.8, 4) is 17.2 Å². The fraction of sp³-hybridized carbons (Fsp3) is 0.340. The molecule has 4 aromatic carbocycles. The zero-order valence-electron chi connectivity index (χ0n) is 35.7. The molecule has 4 aliphatic rings. The first-order valence-electron chi connectivity index (χ1n) is 21.3. The molecule has 0 bridgehead atoms. The molecule has 3 amide bonds. The summed E-state index contributed by atoms with van der Waals surface area (Å²) >= 11 is 6.54. The Morgan fingerprint density at radius 2 is 1.68 bits per heavy atom. The number of benzene rings is 4. The smallest absolute Gasteiger partial charge is 0.255 e. The molecule has 5 heterocycles. The first-order chi connectivity index (χ1) is 30.4. The summed E-state index contributed by atoms with van der Waals surface area (Å²) in [6.07, 6.45) is 4.90. The highest BCUT2D eigenvalue weighted by molar-refractivity contribution is 7.70. The third-order valence-electron chi connectivity index (χ3n) is 12.5.